The van der Waals surface area contributed by atoms with Gasteiger partial charge in [-0.1, -0.05) is 12.1 Å². The lowest BCUT2D eigenvalue weighted by atomic mass is 9.74. The van der Waals surface area contributed by atoms with Crippen LogP contribution in [-0.4, -0.2) is 34.8 Å². The Labute approximate surface area is 117 Å². The van der Waals surface area contributed by atoms with Gasteiger partial charge in [-0.25, -0.2) is 0 Å². The summed E-state index contributed by atoms with van der Waals surface area (Å²) in [5.41, 5.74) is 3.97. The topological polar surface area (TPSA) is 40.7 Å². The van der Waals surface area contributed by atoms with Crippen LogP contribution in [0.1, 0.15) is 23.6 Å². The highest BCUT2D eigenvalue weighted by atomic mass is 32.2. The van der Waals surface area contributed by atoms with Crippen LogP contribution in [-0.2, 0) is 6.42 Å². The minimum Gasteiger partial charge on any atom is -0.313 e. The maximum absolute atomic E-state index is 4.45. The third kappa shape index (κ3) is 1.81. The average molecular weight is 273 g/mol. The summed E-state index contributed by atoms with van der Waals surface area (Å²) in [7, 11) is 0. The van der Waals surface area contributed by atoms with Crippen LogP contribution in [0.3, 0.4) is 0 Å². The Bertz CT molecular complexity index is 606. The van der Waals surface area contributed by atoms with E-state index in [1.54, 1.807) is 0 Å². The van der Waals surface area contributed by atoms with Gasteiger partial charge in [-0.3, -0.25) is 5.10 Å². The Hall–Kier alpha value is -1.00. The van der Waals surface area contributed by atoms with Gasteiger partial charge in [0.2, 0.25) is 0 Å². The Balaban J connectivity index is 1.76. The molecule has 19 heavy (non-hydrogen) atoms. The third-order valence-electron chi connectivity index (χ3n) is 4.66. The number of nitrogens with zero attached hydrogens (tertiary/aromatic N) is 1. The summed E-state index contributed by atoms with van der Waals surface area (Å²) < 4.78 is 0. The summed E-state index contributed by atoms with van der Waals surface area (Å²) >= 11 is 1.97. The van der Waals surface area contributed by atoms with Crippen molar-refractivity contribution in [2.24, 2.45) is 5.92 Å². The summed E-state index contributed by atoms with van der Waals surface area (Å²) in [5.74, 6) is 2.74. The van der Waals surface area contributed by atoms with E-state index in [0.717, 1.165) is 17.9 Å². The van der Waals surface area contributed by atoms with E-state index in [1.807, 2.05) is 11.8 Å². The minimum atomic E-state index is 0.594. The minimum absolute atomic E-state index is 0.594. The van der Waals surface area contributed by atoms with E-state index < -0.39 is 0 Å². The fourth-order valence-electron chi connectivity index (χ4n) is 3.83. The molecule has 1 aliphatic heterocycles. The fourth-order valence-corrected chi connectivity index (χ4v) is 4.55. The molecule has 3 atom stereocenters. The molecule has 2 heterocycles. The van der Waals surface area contributed by atoms with Crippen LogP contribution in [0.2, 0.25) is 0 Å². The SMILES string of the molecule is CSCC1CN[C@@H]2Cc3[nH]nc4cccc(c34)[C@H]2C1. The number of benzene rings is 1. The van der Waals surface area contributed by atoms with Gasteiger partial charge >= 0.3 is 0 Å². The number of nitrogens with one attached hydrogen (secondary N) is 2. The van der Waals surface area contributed by atoms with Crippen LogP contribution < -0.4 is 5.32 Å². The van der Waals surface area contributed by atoms with Gasteiger partial charge in [-0.2, -0.15) is 16.9 Å². The molecule has 1 aromatic carbocycles. The number of aromatic amines is 1. The number of rotatable bonds is 2. The molecule has 4 rings (SSSR count). The number of H-pyrrole nitrogens is 1. The van der Waals surface area contributed by atoms with Crippen molar-refractivity contribution in [2.75, 3.05) is 18.6 Å². The molecular formula is C15H19N3S. The van der Waals surface area contributed by atoms with Gasteiger partial charge in [0.05, 0.1) is 5.52 Å². The molecule has 100 valence electrons. The predicted molar refractivity (Wildman–Crippen MR) is 80.8 cm³/mol. The highest BCUT2D eigenvalue weighted by Gasteiger charge is 2.36. The quantitative estimate of drug-likeness (QED) is 0.883. The second kappa shape index (κ2) is 4.53. The number of piperidine rings is 1. The van der Waals surface area contributed by atoms with Crippen LogP contribution >= 0.6 is 11.8 Å². The van der Waals surface area contributed by atoms with Crippen molar-refractivity contribution in [3.05, 3.63) is 29.5 Å². The highest BCUT2D eigenvalue weighted by Crippen LogP contribution is 2.41. The van der Waals surface area contributed by atoms with Crippen LogP contribution in [0.15, 0.2) is 18.2 Å². The molecule has 2 aliphatic rings. The molecule has 2 aromatic rings. The number of aromatic nitrogens is 2. The van der Waals surface area contributed by atoms with Crippen LogP contribution in [0, 0.1) is 5.92 Å². The lowest BCUT2D eigenvalue weighted by molar-refractivity contribution is 0.284. The van der Waals surface area contributed by atoms with Crippen molar-refractivity contribution in [1.29, 1.82) is 0 Å². The number of hydrogen-bond donors (Lipinski definition) is 2. The largest absolute Gasteiger partial charge is 0.313 e. The molecule has 2 N–H and O–H groups in total. The summed E-state index contributed by atoms with van der Waals surface area (Å²) in [6.07, 6.45) is 4.63. The molecule has 1 saturated heterocycles. The van der Waals surface area contributed by atoms with Crippen molar-refractivity contribution in [2.45, 2.75) is 24.8 Å². The summed E-state index contributed by atoms with van der Waals surface area (Å²) in [6.45, 7) is 1.17. The molecule has 3 nitrogen and oxygen atoms in total. The second-order valence-corrected chi connectivity index (χ2v) is 6.74. The van der Waals surface area contributed by atoms with E-state index in [2.05, 4.69) is 40.0 Å². The maximum atomic E-state index is 4.45. The first kappa shape index (κ1) is 11.8. The number of hydrogen-bond acceptors (Lipinski definition) is 3. The van der Waals surface area contributed by atoms with E-state index in [0.29, 0.717) is 12.0 Å². The smallest absolute Gasteiger partial charge is 0.0926 e. The lowest BCUT2D eigenvalue weighted by Crippen LogP contribution is -2.47. The van der Waals surface area contributed by atoms with Crippen molar-refractivity contribution in [3.63, 3.8) is 0 Å². The van der Waals surface area contributed by atoms with Gasteiger partial charge in [-0.05, 0) is 42.5 Å². The Kier molecular flexibility index (Phi) is 2.81. The predicted octanol–water partition coefficient (Wildman–Crippen LogP) is 2.54. The van der Waals surface area contributed by atoms with Crippen molar-refractivity contribution < 1.29 is 0 Å². The zero-order valence-electron chi connectivity index (χ0n) is 11.1. The maximum Gasteiger partial charge on any atom is 0.0926 e. The molecule has 0 saturated carbocycles. The van der Waals surface area contributed by atoms with Gasteiger partial charge < -0.3 is 5.32 Å². The van der Waals surface area contributed by atoms with Gasteiger partial charge in [0.15, 0.2) is 0 Å². The Morgan fingerprint density at radius 1 is 1.42 bits per heavy atom. The van der Waals surface area contributed by atoms with E-state index in [-0.39, 0.29) is 0 Å². The summed E-state index contributed by atoms with van der Waals surface area (Å²) in [4.78, 5) is 0. The van der Waals surface area contributed by atoms with E-state index >= 15 is 0 Å². The number of thioether (sulfide) groups is 1. The molecule has 4 heteroatoms. The molecule has 1 fully saturated rings. The van der Waals surface area contributed by atoms with Crippen molar-refractivity contribution in [1.82, 2.24) is 15.5 Å². The molecule has 0 radical (unpaired) electrons. The van der Waals surface area contributed by atoms with Gasteiger partial charge in [0, 0.05) is 29.5 Å². The Morgan fingerprint density at radius 2 is 2.37 bits per heavy atom. The molecule has 0 amide bonds. The normalized spacial score (nSPS) is 29.4. The van der Waals surface area contributed by atoms with Crippen molar-refractivity contribution in [3.8, 4) is 0 Å². The van der Waals surface area contributed by atoms with Gasteiger partial charge in [-0.15, -0.1) is 0 Å². The van der Waals surface area contributed by atoms with Gasteiger partial charge in [0.1, 0.15) is 0 Å². The summed E-state index contributed by atoms with van der Waals surface area (Å²) in [6, 6.07) is 7.18. The molecule has 1 aliphatic carbocycles. The monoisotopic (exact) mass is 273 g/mol. The zero-order valence-corrected chi connectivity index (χ0v) is 12.0. The Morgan fingerprint density at radius 3 is 3.26 bits per heavy atom. The second-order valence-electron chi connectivity index (χ2n) is 5.83. The van der Waals surface area contributed by atoms with Gasteiger partial charge in [0.25, 0.3) is 0 Å². The lowest BCUT2D eigenvalue weighted by Gasteiger charge is -2.40. The molecule has 0 spiro atoms. The zero-order chi connectivity index (χ0) is 12.8. The first-order valence-electron chi connectivity index (χ1n) is 7.05. The van der Waals surface area contributed by atoms with E-state index in [9.17, 15) is 0 Å². The van der Waals surface area contributed by atoms with E-state index in [4.69, 9.17) is 0 Å². The number of fused-ring (bicyclic) bond motifs is 2. The summed E-state index contributed by atoms with van der Waals surface area (Å²) in [5, 5.41) is 12.8. The van der Waals surface area contributed by atoms with Crippen LogP contribution in [0.25, 0.3) is 10.9 Å². The highest BCUT2D eigenvalue weighted by molar-refractivity contribution is 7.98. The molecular weight excluding hydrogens is 254 g/mol. The van der Waals surface area contributed by atoms with Crippen molar-refractivity contribution >= 4 is 22.7 Å². The van der Waals surface area contributed by atoms with Crippen LogP contribution in [0.5, 0.6) is 0 Å². The first-order chi connectivity index (χ1) is 9.36. The average Bonchev–Trinajstić information content (AvgIpc) is 2.85. The van der Waals surface area contributed by atoms with Crippen LogP contribution in [0.4, 0.5) is 0 Å². The first-order valence-corrected chi connectivity index (χ1v) is 8.44. The molecule has 1 aromatic heterocycles. The molecule has 0 bridgehead atoms. The molecule has 1 unspecified atom stereocenters. The fraction of sp³-hybridized carbons (Fsp3) is 0.533. The van der Waals surface area contributed by atoms with E-state index in [1.165, 1.54) is 35.4 Å². The third-order valence-corrected chi connectivity index (χ3v) is 5.46. The standard InChI is InChI=1S/C15H19N3S/c1-19-8-9-5-11-10-3-2-4-12-15(10)14(18-17-12)6-13(11)16-7-9/h2-4,9,11,13,16H,5-8H2,1H3,(H,17,18)/t9?,11-,13-/m1/s1.